The molecule has 26 heavy (non-hydrogen) atoms. The summed E-state index contributed by atoms with van der Waals surface area (Å²) in [6.45, 7) is -0.215. The van der Waals surface area contributed by atoms with E-state index in [0.29, 0.717) is 33.3 Å². The van der Waals surface area contributed by atoms with Crippen LogP contribution in [0.5, 0.6) is 0 Å². The zero-order valence-corrected chi connectivity index (χ0v) is 13.7. The molecule has 0 unspecified atom stereocenters. The number of hydrogen-bond donors (Lipinski definition) is 2. The van der Waals surface area contributed by atoms with Gasteiger partial charge in [0, 0.05) is 28.6 Å². The SMILES string of the molecule is OCC#Cc1ccc2/c(=N\O)cc(-c3cc4ccccc4cn3)oc2c1. The van der Waals surface area contributed by atoms with Gasteiger partial charge in [-0.25, -0.2) is 0 Å². The fourth-order valence-corrected chi connectivity index (χ4v) is 2.81. The minimum atomic E-state index is -0.215. The van der Waals surface area contributed by atoms with Gasteiger partial charge in [0.05, 0.1) is 0 Å². The molecule has 0 atom stereocenters. The van der Waals surface area contributed by atoms with E-state index in [0.717, 1.165) is 10.8 Å². The van der Waals surface area contributed by atoms with Crippen molar-refractivity contribution in [3.8, 4) is 23.3 Å². The molecular weight excluding hydrogens is 328 g/mol. The number of pyridine rings is 1. The van der Waals surface area contributed by atoms with Gasteiger partial charge < -0.3 is 14.7 Å². The Morgan fingerprint density at radius 2 is 1.88 bits per heavy atom. The van der Waals surface area contributed by atoms with E-state index in [1.807, 2.05) is 30.3 Å². The third-order valence-electron chi connectivity index (χ3n) is 4.05. The molecule has 0 aliphatic heterocycles. The number of aromatic nitrogens is 1. The van der Waals surface area contributed by atoms with E-state index in [1.54, 1.807) is 30.5 Å². The molecule has 2 aromatic carbocycles. The molecule has 0 fully saturated rings. The van der Waals surface area contributed by atoms with Gasteiger partial charge in [-0.3, -0.25) is 4.98 Å². The number of fused-ring (bicyclic) bond motifs is 2. The number of rotatable bonds is 1. The Balaban J connectivity index is 1.93. The van der Waals surface area contributed by atoms with Crippen molar-refractivity contribution in [1.29, 1.82) is 0 Å². The van der Waals surface area contributed by atoms with Gasteiger partial charge in [0.25, 0.3) is 0 Å². The molecule has 0 spiro atoms. The smallest absolute Gasteiger partial charge is 0.155 e. The Morgan fingerprint density at radius 3 is 2.69 bits per heavy atom. The highest BCUT2D eigenvalue weighted by molar-refractivity contribution is 5.85. The topological polar surface area (TPSA) is 78.9 Å². The quantitative estimate of drug-likeness (QED) is 0.316. The van der Waals surface area contributed by atoms with E-state index >= 15 is 0 Å². The van der Waals surface area contributed by atoms with Crippen LogP contribution in [0.15, 0.2) is 70.4 Å². The lowest BCUT2D eigenvalue weighted by atomic mass is 10.1. The maximum absolute atomic E-state index is 9.39. The first-order valence-electron chi connectivity index (χ1n) is 7.99. The molecule has 5 nitrogen and oxygen atoms in total. The molecule has 2 aromatic heterocycles. The molecule has 4 aromatic rings. The van der Waals surface area contributed by atoms with E-state index in [4.69, 9.17) is 9.52 Å². The Kier molecular flexibility index (Phi) is 4.10. The normalized spacial score (nSPS) is 11.5. The van der Waals surface area contributed by atoms with Crippen molar-refractivity contribution in [2.75, 3.05) is 6.61 Å². The summed E-state index contributed by atoms with van der Waals surface area (Å²) in [7, 11) is 0. The molecule has 0 bridgehead atoms. The summed E-state index contributed by atoms with van der Waals surface area (Å²) in [5.41, 5.74) is 1.86. The van der Waals surface area contributed by atoms with Crippen molar-refractivity contribution >= 4 is 21.7 Å². The fraction of sp³-hybridized carbons (Fsp3) is 0.0476. The van der Waals surface area contributed by atoms with E-state index in [9.17, 15) is 5.21 Å². The van der Waals surface area contributed by atoms with Crippen molar-refractivity contribution in [3.63, 3.8) is 0 Å². The fourth-order valence-electron chi connectivity index (χ4n) is 2.81. The van der Waals surface area contributed by atoms with Crippen molar-refractivity contribution in [1.82, 2.24) is 4.98 Å². The van der Waals surface area contributed by atoms with Gasteiger partial charge >= 0.3 is 0 Å². The summed E-state index contributed by atoms with van der Waals surface area (Å²) in [6, 6.07) is 16.8. The van der Waals surface area contributed by atoms with Crippen molar-refractivity contribution in [3.05, 3.63) is 71.7 Å². The number of benzene rings is 2. The Labute approximate surface area is 148 Å². The van der Waals surface area contributed by atoms with Crippen LogP contribution in [-0.2, 0) is 0 Å². The van der Waals surface area contributed by atoms with E-state index in [1.165, 1.54) is 0 Å². The minimum Gasteiger partial charge on any atom is -0.454 e. The number of nitrogens with zero attached hydrogens (tertiary/aromatic N) is 2. The zero-order chi connectivity index (χ0) is 17.9. The van der Waals surface area contributed by atoms with E-state index in [2.05, 4.69) is 22.0 Å². The molecule has 2 heterocycles. The van der Waals surface area contributed by atoms with Gasteiger partial charge in [0.1, 0.15) is 23.2 Å². The van der Waals surface area contributed by atoms with Crippen molar-refractivity contribution in [2.45, 2.75) is 0 Å². The lowest BCUT2D eigenvalue weighted by Gasteiger charge is -2.05. The molecular formula is C21H14N2O3. The maximum Gasteiger partial charge on any atom is 0.155 e. The monoisotopic (exact) mass is 342 g/mol. The molecule has 0 saturated heterocycles. The second-order valence-electron chi connectivity index (χ2n) is 5.68. The highest BCUT2D eigenvalue weighted by Crippen LogP contribution is 2.24. The summed E-state index contributed by atoms with van der Waals surface area (Å²) in [6.07, 6.45) is 1.78. The zero-order valence-electron chi connectivity index (χ0n) is 13.7. The average Bonchev–Trinajstić information content (AvgIpc) is 2.70. The van der Waals surface area contributed by atoms with Gasteiger partial charge in [-0.15, -0.1) is 0 Å². The first-order chi connectivity index (χ1) is 12.8. The summed E-state index contributed by atoms with van der Waals surface area (Å²) < 4.78 is 6.00. The van der Waals surface area contributed by atoms with Crippen molar-refractivity contribution in [2.24, 2.45) is 5.16 Å². The van der Waals surface area contributed by atoms with Gasteiger partial charge in [-0.2, -0.15) is 0 Å². The lowest BCUT2D eigenvalue weighted by Crippen LogP contribution is -2.04. The van der Waals surface area contributed by atoms with Crippen LogP contribution in [-0.4, -0.2) is 21.9 Å². The molecule has 2 N–H and O–H groups in total. The van der Waals surface area contributed by atoms with Crippen LogP contribution < -0.4 is 5.36 Å². The molecule has 0 radical (unpaired) electrons. The third-order valence-corrected chi connectivity index (χ3v) is 4.05. The van der Waals surface area contributed by atoms with Gasteiger partial charge in [-0.1, -0.05) is 41.3 Å². The van der Waals surface area contributed by atoms with Crippen molar-refractivity contribution < 1.29 is 14.7 Å². The first kappa shape index (κ1) is 15.9. The highest BCUT2D eigenvalue weighted by atomic mass is 16.4. The van der Waals surface area contributed by atoms with Crippen LogP contribution in [0.3, 0.4) is 0 Å². The number of hydrogen-bond acceptors (Lipinski definition) is 5. The third kappa shape index (κ3) is 2.90. The van der Waals surface area contributed by atoms with Crippen LogP contribution >= 0.6 is 0 Å². The second kappa shape index (κ2) is 6.71. The summed E-state index contributed by atoms with van der Waals surface area (Å²) in [4.78, 5) is 4.45. The Morgan fingerprint density at radius 1 is 1.04 bits per heavy atom. The first-order valence-corrected chi connectivity index (χ1v) is 7.99. The standard InChI is InChI=1S/C21H14N2O3/c24-9-3-4-14-7-8-17-18(23-25)12-21(26-20(17)10-14)19-11-15-5-1-2-6-16(15)13-22-19/h1-2,5-8,10-13,24-25H,9H2/b23-18-. The molecule has 5 heteroatoms. The van der Waals surface area contributed by atoms with Crippen LogP contribution in [0.25, 0.3) is 33.2 Å². The summed E-state index contributed by atoms with van der Waals surface area (Å²) in [5.74, 6) is 5.93. The molecule has 0 aliphatic carbocycles. The number of aliphatic hydroxyl groups excluding tert-OH is 1. The minimum absolute atomic E-state index is 0.215. The average molecular weight is 342 g/mol. The molecule has 0 saturated carbocycles. The molecule has 4 rings (SSSR count). The summed E-state index contributed by atoms with van der Waals surface area (Å²) >= 11 is 0. The predicted molar refractivity (Wildman–Crippen MR) is 98.3 cm³/mol. The second-order valence-corrected chi connectivity index (χ2v) is 5.68. The van der Waals surface area contributed by atoms with Crippen LogP contribution in [0.1, 0.15) is 5.56 Å². The Bertz CT molecular complexity index is 1250. The lowest BCUT2D eigenvalue weighted by molar-refractivity contribution is 0.302. The Hall–Kier alpha value is -3.62. The highest BCUT2D eigenvalue weighted by Gasteiger charge is 2.09. The van der Waals surface area contributed by atoms with E-state index in [-0.39, 0.29) is 6.61 Å². The van der Waals surface area contributed by atoms with Crippen LogP contribution in [0.2, 0.25) is 0 Å². The molecule has 0 amide bonds. The number of aliphatic hydroxyl groups is 1. The maximum atomic E-state index is 9.39. The van der Waals surface area contributed by atoms with Gasteiger partial charge in [0.15, 0.2) is 5.76 Å². The molecule has 0 aliphatic rings. The molecule has 126 valence electrons. The largest absolute Gasteiger partial charge is 0.454 e. The van der Waals surface area contributed by atoms with Gasteiger partial charge in [0.2, 0.25) is 0 Å². The van der Waals surface area contributed by atoms with Crippen LogP contribution in [0, 0.1) is 11.8 Å². The van der Waals surface area contributed by atoms with Crippen LogP contribution in [0.4, 0.5) is 0 Å². The predicted octanol–water partition coefficient (Wildman–Crippen LogP) is 3.28. The van der Waals surface area contributed by atoms with E-state index < -0.39 is 0 Å². The van der Waals surface area contributed by atoms with Gasteiger partial charge in [-0.05, 0) is 29.7 Å². The summed E-state index contributed by atoms with van der Waals surface area (Å²) in [5, 5.41) is 24.7.